The van der Waals surface area contributed by atoms with Crippen LogP contribution in [0.15, 0.2) is 16.8 Å². The summed E-state index contributed by atoms with van der Waals surface area (Å²) in [5.74, 6) is 0.904. The zero-order valence-electron chi connectivity index (χ0n) is 13.5. The molecule has 0 atom stereocenters. The molecular weight excluding hydrogens is 294 g/mol. The number of likely N-dealkylation sites (tertiary alicyclic amines) is 1. The minimum absolute atomic E-state index is 0.0974. The molecular formula is C16H25N5O2. The molecule has 0 saturated carbocycles. The Morgan fingerprint density at radius 1 is 1.00 bits per heavy atom. The SMILES string of the molecule is NC1=NC(CC(=O)N2CCN(CC(=O)N3CCCC3)CC2)=CC1. The molecule has 0 spiro atoms. The molecule has 23 heavy (non-hydrogen) atoms. The second-order valence-corrected chi connectivity index (χ2v) is 6.42. The van der Waals surface area contributed by atoms with Gasteiger partial charge in [0.25, 0.3) is 0 Å². The number of hydrogen-bond donors (Lipinski definition) is 1. The number of carbonyl (C=O) groups is 2. The highest BCUT2D eigenvalue weighted by Crippen LogP contribution is 2.15. The molecule has 0 aromatic heterocycles. The van der Waals surface area contributed by atoms with E-state index in [1.807, 2.05) is 15.9 Å². The van der Waals surface area contributed by atoms with Gasteiger partial charge in [-0.25, -0.2) is 4.99 Å². The fourth-order valence-corrected chi connectivity index (χ4v) is 3.29. The van der Waals surface area contributed by atoms with E-state index in [0.29, 0.717) is 38.3 Å². The van der Waals surface area contributed by atoms with Gasteiger partial charge in [-0.1, -0.05) is 6.08 Å². The zero-order valence-corrected chi connectivity index (χ0v) is 13.5. The summed E-state index contributed by atoms with van der Waals surface area (Å²) in [7, 11) is 0. The van der Waals surface area contributed by atoms with E-state index in [0.717, 1.165) is 44.7 Å². The first-order valence-corrected chi connectivity index (χ1v) is 8.42. The van der Waals surface area contributed by atoms with E-state index in [2.05, 4.69) is 9.89 Å². The van der Waals surface area contributed by atoms with Crippen LogP contribution >= 0.6 is 0 Å². The Hall–Kier alpha value is -1.89. The van der Waals surface area contributed by atoms with Crippen LogP contribution in [0.4, 0.5) is 0 Å². The van der Waals surface area contributed by atoms with Gasteiger partial charge in [-0.15, -0.1) is 0 Å². The molecule has 2 fully saturated rings. The van der Waals surface area contributed by atoms with Crippen molar-refractivity contribution in [3.8, 4) is 0 Å². The molecule has 2 N–H and O–H groups in total. The van der Waals surface area contributed by atoms with Gasteiger partial charge in [-0.05, 0) is 12.8 Å². The van der Waals surface area contributed by atoms with Crippen molar-refractivity contribution in [2.24, 2.45) is 10.7 Å². The van der Waals surface area contributed by atoms with Gasteiger partial charge >= 0.3 is 0 Å². The monoisotopic (exact) mass is 319 g/mol. The predicted molar refractivity (Wildman–Crippen MR) is 87.8 cm³/mol. The van der Waals surface area contributed by atoms with Crippen molar-refractivity contribution in [3.05, 3.63) is 11.8 Å². The fraction of sp³-hybridized carbons (Fsp3) is 0.688. The van der Waals surface area contributed by atoms with Crippen molar-refractivity contribution in [1.82, 2.24) is 14.7 Å². The number of amides is 2. The summed E-state index contributed by atoms with van der Waals surface area (Å²) in [5, 5.41) is 0. The summed E-state index contributed by atoms with van der Waals surface area (Å²) in [6, 6.07) is 0. The first-order valence-electron chi connectivity index (χ1n) is 8.42. The minimum Gasteiger partial charge on any atom is -0.387 e. The molecule has 126 valence electrons. The Labute approximate surface area is 136 Å². The summed E-state index contributed by atoms with van der Waals surface area (Å²) in [6.07, 6.45) is 5.13. The molecule has 7 heteroatoms. The van der Waals surface area contributed by atoms with E-state index >= 15 is 0 Å². The van der Waals surface area contributed by atoms with Gasteiger partial charge in [0.15, 0.2) is 0 Å². The topological polar surface area (TPSA) is 82.2 Å². The van der Waals surface area contributed by atoms with E-state index in [4.69, 9.17) is 5.73 Å². The van der Waals surface area contributed by atoms with Crippen molar-refractivity contribution >= 4 is 17.6 Å². The summed E-state index contributed by atoms with van der Waals surface area (Å²) in [4.78, 5) is 34.6. The van der Waals surface area contributed by atoms with E-state index < -0.39 is 0 Å². The lowest BCUT2D eigenvalue weighted by molar-refractivity contribution is -0.134. The Morgan fingerprint density at radius 2 is 1.65 bits per heavy atom. The third kappa shape index (κ3) is 4.10. The van der Waals surface area contributed by atoms with Gasteiger partial charge in [0.1, 0.15) is 5.84 Å². The smallest absolute Gasteiger partial charge is 0.236 e. The molecule has 3 rings (SSSR count). The van der Waals surface area contributed by atoms with Crippen LogP contribution in [0.1, 0.15) is 25.7 Å². The van der Waals surface area contributed by atoms with Crippen LogP contribution in [0.25, 0.3) is 0 Å². The average molecular weight is 319 g/mol. The molecule has 0 radical (unpaired) electrons. The van der Waals surface area contributed by atoms with Crippen molar-refractivity contribution in [1.29, 1.82) is 0 Å². The summed E-state index contributed by atoms with van der Waals surface area (Å²) < 4.78 is 0. The first kappa shape index (κ1) is 16.0. The molecule has 0 aromatic rings. The van der Waals surface area contributed by atoms with Crippen LogP contribution < -0.4 is 5.73 Å². The number of hydrogen-bond acceptors (Lipinski definition) is 5. The third-order valence-electron chi connectivity index (χ3n) is 4.71. The molecule has 2 saturated heterocycles. The van der Waals surface area contributed by atoms with E-state index in [1.54, 1.807) is 0 Å². The van der Waals surface area contributed by atoms with Crippen LogP contribution in [-0.2, 0) is 9.59 Å². The van der Waals surface area contributed by atoms with E-state index in [-0.39, 0.29) is 11.8 Å². The summed E-state index contributed by atoms with van der Waals surface area (Å²) in [6.45, 7) is 5.16. The van der Waals surface area contributed by atoms with Gasteiger partial charge in [-0.2, -0.15) is 0 Å². The van der Waals surface area contributed by atoms with E-state index in [1.165, 1.54) is 0 Å². The standard InChI is InChI=1S/C16H25N5O2/c17-14-4-3-13(18-14)11-15(22)21-9-7-19(8-10-21)12-16(23)20-5-1-2-6-20/h3H,1-2,4-12H2,(H2,17,18). The Kier molecular flexibility index (Phi) is 4.95. The molecule has 0 aromatic carbocycles. The summed E-state index contributed by atoms with van der Waals surface area (Å²) in [5.41, 5.74) is 6.40. The second kappa shape index (κ2) is 7.12. The highest BCUT2D eigenvalue weighted by atomic mass is 16.2. The molecule has 3 heterocycles. The molecule has 7 nitrogen and oxygen atoms in total. The summed E-state index contributed by atoms with van der Waals surface area (Å²) >= 11 is 0. The first-order chi connectivity index (χ1) is 11.1. The number of carbonyl (C=O) groups excluding carboxylic acids is 2. The van der Waals surface area contributed by atoms with Gasteiger partial charge in [0, 0.05) is 51.4 Å². The van der Waals surface area contributed by atoms with Crippen LogP contribution in [0.2, 0.25) is 0 Å². The third-order valence-corrected chi connectivity index (χ3v) is 4.71. The maximum Gasteiger partial charge on any atom is 0.236 e. The Morgan fingerprint density at radius 3 is 2.26 bits per heavy atom. The Balaban J connectivity index is 1.41. The minimum atomic E-state index is 0.0974. The lowest BCUT2D eigenvalue weighted by atomic mass is 10.2. The zero-order chi connectivity index (χ0) is 16.2. The number of aliphatic imine (C=N–C) groups is 1. The fourth-order valence-electron chi connectivity index (χ4n) is 3.29. The number of nitrogens with zero attached hydrogens (tertiary/aromatic N) is 4. The molecule has 0 aliphatic carbocycles. The normalized spacial score (nSPS) is 22.3. The predicted octanol–water partition coefficient (Wildman–Crippen LogP) is -0.212. The van der Waals surface area contributed by atoms with Crippen LogP contribution in [0.3, 0.4) is 0 Å². The Bertz CT molecular complexity index is 529. The largest absolute Gasteiger partial charge is 0.387 e. The van der Waals surface area contributed by atoms with Crippen molar-refractivity contribution < 1.29 is 9.59 Å². The maximum atomic E-state index is 12.3. The lowest BCUT2D eigenvalue weighted by Crippen LogP contribution is -2.51. The lowest BCUT2D eigenvalue weighted by Gasteiger charge is -2.35. The van der Waals surface area contributed by atoms with Gasteiger partial charge < -0.3 is 15.5 Å². The highest BCUT2D eigenvalue weighted by Gasteiger charge is 2.25. The van der Waals surface area contributed by atoms with E-state index in [9.17, 15) is 9.59 Å². The second-order valence-electron chi connectivity index (χ2n) is 6.42. The van der Waals surface area contributed by atoms with Crippen molar-refractivity contribution in [3.63, 3.8) is 0 Å². The van der Waals surface area contributed by atoms with Gasteiger partial charge in [-0.3, -0.25) is 14.5 Å². The maximum absolute atomic E-state index is 12.3. The van der Waals surface area contributed by atoms with Crippen molar-refractivity contribution in [2.75, 3.05) is 45.8 Å². The molecule has 0 bridgehead atoms. The number of amidine groups is 1. The van der Waals surface area contributed by atoms with Crippen LogP contribution in [0.5, 0.6) is 0 Å². The molecule has 0 unspecified atom stereocenters. The molecule has 2 amide bonds. The van der Waals surface area contributed by atoms with Gasteiger partial charge in [0.2, 0.25) is 11.8 Å². The number of piperazine rings is 1. The van der Waals surface area contributed by atoms with Crippen LogP contribution in [0, 0.1) is 0 Å². The van der Waals surface area contributed by atoms with Crippen molar-refractivity contribution in [2.45, 2.75) is 25.7 Å². The van der Waals surface area contributed by atoms with Gasteiger partial charge in [0.05, 0.1) is 13.0 Å². The van der Waals surface area contributed by atoms with Crippen LogP contribution in [-0.4, -0.2) is 78.2 Å². The number of nitrogens with two attached hydrogens (primary N) is 1. The highest BCUT2D eigenvalue weighted by molar-refractivity contribution is 5.87. The molecule has 3 aliphatic rings. The average Bonchev–Trinajstić information content (AvgIpc) is 3.20. The number of rotatable bonds is 4. The quantitative estimate of drug-likeness (QED) is 0.777. The molecule has 3 aliphatic heterocycles.